The van der Waals surface area contributed by atoms with Crippen LogP contribution in [0.3, 0.4) is 0 Å². The smallest absolute Gasteiger partial charge is 0.281 e. The SMILES string of the molecule is Cc1c(C)c2c(c(C)c1O)CCC(C)(COc1ccc(CC(C)SC(=O)NCO)cc1)O2. The first-order valence-corrected chi connectivity index (χ1v) is 11.8. The van der Waals surface area contributed by atoms with E-state index in [1.54, 1.807) is 0 Å². The number of nitrogens with one attached hydrogen (secondary N) is 1. The lowest BCUT2D eigenvalue weighted by atomic mass is 9.87. The number of aromatic hydroxyl groups is 1. The number of phenols is 1. The monoisotopic (exact) mass is 459 g/mol. The highest BCUT2D eigenvalue weighted by Gasteiger charge is 2.35. The number of thioether (sulfide) groups is 1. The van der Waals surface area contributed by atoms with E-state index >= 15 is 0 Å². The number of amides is 1. The summed E-state index contributed by atoms with van der Waals surface area (Å²) in [6, 6.07) is 7.90. The molecule has 32 heavy (non-hydrogen) atoms. The molecule has 7 heteroatoms. The molecule has 2 unspecified atom stereocenters. The zero-order chi connectivity index (χ0) is 23.5. The second-order valence-corrected chi connectivity index (χ2v) is 10.2. The van der Waals surface area contributed by atoms with Crippen molar-refractivity contribution < 1.29 is 24.5 Å². The van der Waals surface area contributed by atoms with Gasteiger partial charge in [-0.2, -0.15) is 0 Å². The highest BCUT2D eigenvalue weighted by molar-refractivity contribution is 8.14. The van der Waals surface area contributed by atoms with Gasteiger partial charge in [0.25, 0.3) is 5.24 Å². The van der Waals surface area contributed by atoms with Gasteiger partial charge >= 0.3 is 0 Å². The third-order valence-corrected chi connectivity index (χ3v) is 7.04. The van der Waals surface area contributed by atoms with Gasteiger partial charge in [0.2, 0.25) is 0 Å². The normalized spacial score (nSPS) is 18.4. The third-order valence-electron chi connectivity index (χ3n) is 6.11. The van der Waals surface area contributed by atoms with Crippen molar-refractivity contribution >= 4 is 17.0 Å². The Morgan fingerprint density at radius 3 is 2.56 bits per heavy atom. The van der Waals surface area contributed by atoms with Gasteiger partial charge in [-0.25, -0.2) is 0 Å². The molecule has 1 aliphatic heterocycles. The molecule has 3 N–H and O–H groups in total. The fraction of sp³-hybridized carbons (Fsp3) is 0.480. The van der Waals surface area contributed by atoms with E-state index in [1.165, 1.54) is 11.8 Å². The molecule has 1 amide bonds. The maximum Gasteiger partial charge on any atom is 0.281 e. The van der Waals surface area contributed by atoms with Crippen molar-refractivity contribution in [1.82, 2.24) is 5.32 Å². The maximum atomic E-state index is 11.6. The standard InChI is InChI=1S/C25H33NO5S/c1-15(32-24(29)26-14-27)12-19-6-8-20(9-7-19)30-13-25(5)11-10-21-18(4)22(28)16(2)17(3)23(21)31-25/h6-9,15,27-28H,10-14H2,1-5H3,(H,26,29). The van der Waals surface area contributed by atoms with Crippen LogP contribution in [0.25, 0.3) is 0 Å². The number of hydrogen-bond donors (Lipinski definition) is 3. The number of carbonyl (C=O) groups is 1. The molecule has 2 aromatic carbocycles. The number of fused-ring (bicyclic) bond motifs is 1. The Morgan fingerprint density at radius 1 is 1.22 bits per heavy atom. The lowest BCUT2D eigenvalue weighted by Gasteiger charge is -2.37. The van der Waals surface area contributed by atoms with Gasteiger partial charge in [0.15, 0.2) is 0 Å². The Bertz CT molecular complexity index is 976. The molecular weight excluding hydrogens is 426 g/mol. The Balaban J connectivity index is 1.60. The minimum absolute atomic E-state index is 0.0949. The van der Waals surface area contributed by atoms with Crippen LogP contribution < -0.4 is 14.8 Å². The van der Waals surface area contributed by atoms with Crippen LogP contribution >= 0.6 is 11.8 Å². The zero-order valence-corrected chi connectivity index (χ0v) is 20.3. The van der Waals surface area contributed by atoms with Crippen molar-refractivity contribution in [3.8, 4) is 17.2 Å². The Labute approximate surface area is 194 Å². The number of rotatable bonds is 7. The van der Waals surface area contributed by atoms with Gasteiger partial charge in [-0.15, -0.1) is 0 Å². The summed E-state index contributed by atoms with van der Waals surface area (Å²) in [5.41, 5.74) is 4.51. The van der Waals surface area contributed by atoms with Crippen LogP contribution in [0.5, 0.6) is 17.2 Å². The van der Waals surface area contributed by atoms with E-state index in [0.29, 0.717) is 12.4 Å². The molecule has 0 saturated carbocycles. The molecule has 174 valence electrons. The third kappa shape index (κ3) is 5.51. The highest BCUT2D eigenvalue weighted by Crippen LogP contribution is 2.43. The Morgan fingerprint density at radius 2 is 1.91 bits per heavy atom. The molecule has 0 fully saturated rings. The first kappa shape index (κ1) is 24.3. The van der Waals surface area contributed by atoms with Crippen molar-refractivity contribution in [3.63, 3.8) is 0 Å². The molecule has 0 saturated heterocycles. The molecule has 2 atom stereocenters. The van der Waals surface area contributed by atoms with Crippen LogP contribution in [-0.2, 0) is 12.8 Å². The number of aliphatic hydroxyl groups is 1. The zero-order valence-electron chi connectivity index (χ0n) is 19.4. The van der Waals surface area contributed by atoms with Gasteiger partial charge in [0.1, 0.15) is 36.2 Å². The molecule has 1 heterocycles. The largest absolute Gasteiger partial charge is 0.507 e. The van der Waals surface area contributed by atoms with Crippen LogP contribution in [0, 0.1) is 20.8 Å². The minimum atomic E-state index is -0.447. The van der Waals surface area contributed by atoms with Crippen molar-refractivity contribution in [2.75, 3.05) is 13.3 Å². The van der Waals surface area contributed by atoms with Gasteiger partial charge in [-0.1, -0.05) is 30.8 Å². The maximum absolute atomic E-state index is 11.6. The van der Waals surface area contributed by atoms with Crippen molar-refractivity contribution in [1.29, 1.82) is 0 Å². The summed E-state index contributed by atoms with van der Waals surface area (Å²) < 4.78 is 12.5. The minimum Gasteiger partial charge on any atom is -0.507 e. The Hall–Kier alpha value is -2.38. The van der Waals surface area contributed by atoms with Gasteiger partial charge in [-0.05, 0) is 81.3 Å². The van der Waals surface area contributed by atoms with E-state index in [1.807, 2.05) is 52.0 Å². The number of carbonyl (C=O) groups excluding carboxylic acids is 1. The fourth-order valence-corrected chi connectivity index (χ4v) is 4.81. The molecule has 0 aliphatic carbocycles. The molecule has 0 aromatic heterocycles. The van der Waals surface area contributed by atoms with Crippen LogP contribution in [-0.4, -0.2) is 39.6 Å². The van der Waals surface area contributed by atoms with Crippen molar-refractivity contribution in [2.24, 2.45) is 0 Å². The summed E-state index contributed by atoms with van der Waals surface area (Å²) in [5, 5.41) is 21.4. The molecule has 2 aromatic rings. The van der Waals surface area contributed by atoms with E-state index in [0.717, 1.165) is 58.6 Å². The number of benzene rings is 2. The summed E-state index contributed by atoms with van der Waals surface area (Å²) in [6.07, 6.45) is 2.39. The second-order valence-electron chi connectivity index (χ2n) is 8.77. The lowest BCUT2D eigenvalue weighted by molar-refractivity contribution is 0.0166. The number of ether oxygens (including phenoxy) is 2. The van der Waals surface area contributed by atoms with Gasteiger partial charge in [-0.3, -0.25) is 4.79 Å². The second kappa shape index (κ2) is 10.0. The molecule has 0 bridgehead atoms. The summed E-state index contributed by atoms with van der Waals surface area (Å²) in [6.45, 7) is 9.99. The van der Waals surface area contributed by atoms with Crippen LogP contribution in [0.1, 0.15) is 48.1 Å². The molecular formula is C25H33NO5S. The molecule has 1 aliphatic rings. The van der Waals surface area contributed by atoms with E-state index < -0.39 is 5.60 Å². The molecule has 3 rings (SSSR count). The first-order chi connectivity index (χ1) is 15.1. The fourth-order valence-electron chi connectivity index (χ4n) is 4.02. The average Bonchev–Trinajstić information content (AvgIpc) is 2.76. The summed E-state index contributed by atoms with van der Waals surface area (Å²) >= 11 is 1.18. The predicted octanol–water partition coefficient (Wildman–Crippen LogP) is 4.80. The summed E-state index contributed by atoms with van der Waals surface area (Å²) in [5.74, 6) is 2.02. The molecule has 0 radical (unpaired) electrons. The van der Waals surface area contributed by atoms with Gasteiger partial charge in [0, 0.05) is 10.8 Å². The number of phenolic OH excluding ortho intramolecular Hbond substituents is 1. The van der Waals surface area contributed by atoms with E-state index in [2.05, 4.69) is 12.2 Å². The first-order valence-electron chi connectivity index (χ1n) is 10.9. The highest BCUT2D eigenvalue weighted by atomic mass is 32.2. The van der Waals surface area contributed by atoms with Crippen molar-refractivity contribution in [3.05, 3.63) is 52.1 Å². The van der Waals surface area contributed by atoms with Gasteiger partial charge < -0.3 is 25.0 Å². The van der Waals surface area contributed by atoms with Gasteiger partial charge in [0.05, 0.1) is 0 Å². The summed E-state index contributed by atoms with van der Waals surface area (Å²) in [7, 11) is 0. The predicted molar refractivity (Wildman–Crippen MR) is 128 cm³/mol. The van der Waals surface area contributed by atoms with E-state index in [-0.39, 0.29) is 17.2 Å². The van der Waals surface area contributed by atoms with Crippen LogP contribution in [0.2, 0.25) is 0 Å². The topological polar surface area (TPSA) is 88.0 Å². The van der Waals surface area contributed by atoms with Crippen molar-refractivity contribution in [2.45, 2.75) is 64.7 Å². The molecule has 0 spiro atoms. The average molecular weight is 460 g/mol. The van der Waals surface area contributed by atoms with E-state index in [4.69, 9.17) is 14.6 Å². The lowest BCUT2D eigenvalue weighted by Crippen LogP contribution is -2.42. The number of hydrogen-bond acceptors (Lipinski definition) is 6. The molecule has 6 nitrogen and oxygen atoms in total. The van der Waals surface area contributed by atoms with E-state index in [9.17, 15) is 9.90 Å². The van der Waals surface area contributed by atoms with Crippen LogP contribution in [0.15, 0.2) is 24.3 Å². The quantitative estimate of drug-likeness (QED) is 0.516. The number of aliphatic hydroxyl groups excluding tert-OH is 1. The summed E-state index contributed by atoms with van der Waals surface area (Å²) in [4.78, 5) is 11.6. The Kier molecular flexibility index (Phi) is 7.62. The van der Waals surface area contributed by atoms with Crippen LogP contribution in [0.4, 0.5) is 4.79 Å².